The quantitative estimate of drug-likeness (QED) is 0.141. The van der Waals surface area contributed by atoms with E-state index in [1.54, 1.807) is 0 Å². The predicted molar refractivity (Wildman–Crippen MR) is 208 cm³/mol. The maximum absolute atomic E-state index is 16.4. The van der Waals surface area contributed by atoms with E-state index in [0.717, 1.165) is 42.8 Å². The van der Waals surface area contributed by atoms with E-state index in [2.05, 4.69) is 176 Å². The molecular formula is C46H29OP. The van der Waals surface area contributed by atoms with Gasteiger partial charge in [0.2, 0.25) is 0 Å². The third kappa shape index (κ3) is 3.95. The van der Waals surface area contributed by atoms with E-state index >= 15 is 4.57 Å². The minimum atomic E-state index is -3.38. The SMILES string of the molecule is O=P(c1ccc2ccc3ccccc3c2c1)(c1ccc2ccc3ccccc3c2c1)c1ccc2c3ccccc3c3ccccc3c2c1. The van der Waals surface area contributed by atoms with E-state index in [9.17, 15) is 0 Å². The molecule has 0 saturated carbocycles. The highest BCUT2D eigenvalue weighted by atomic mass is 31.2. The molecule has 0 N–H and O–H groups in total. The Morgan fingerprint density at radius 2 is 0.542 bits per heavy atom. The molecule has 10 aromatic rings. The molecule has 1 nitrogen and oxygen atoms in total. The molecule has 0 radical (unpaired) electrons. The number of benzene rings is 10. The molecular weight excluding hydrogens is 599 g/mol. The Hall–Kier alpha value is -5.75. The van der Waals surface area contributed by atoms with Gasteiger partial charge in [-0.1, -0.05) is 158 Å². The van der Waals surface area contributed by atoms with E-state index in [1.807, 2.05) is 0 Å². The lowest BCUT2D eigenvalue weighted by molar-refractivity contribution is 0.592. The second kappa shape index (κ2) is 10.4. The summed E-state index contributed by atoms with van der Waals surface area (Å²) < 4.78 is 16.4. The third-order valence-electron chi connectivity index (χ3n) is 10.3. The Balaban J connectivity index is 1.32. The van der Waals surface area contributed by atoms with Gasteiger partial charge in [0.1, 0.15) is 0 Å². The normalized spacial score (nSPS) is 12.2. The molecule has 0 heterocycles. The van der Waals surface area contributed by atoms with Gasteiger partial charge in [0, 0.05) is 15.9 Å². The Labute approximate surface area is 278 Å². The van der Waals surface area contributed by atoms with Gasteiger partial charge in [0.05, 0.1) is 0 Å². The summed E-state index contributed by atoms with van der Waals surface area (Å²) >= 11 is 0. The molecule has 10 rings (SSSR count). The standard InChI is InChI=1S/C46H29OP/c47-48(34-23-21-32-19-17-30-9-1-3-11-37(30)44(32)27-34,35-24-22-33-20-18-31-10-2-4-12-38(31)45(33)28-35)36-25-26-43-41-15-6-5-13-39(41)40-14-7-8-16-42(40)46(43)29-36/h1-29H. The van der Waals surface area contributed by atoms with E-state index in [4.69, 9.17) is 0 Å². The van der Waals surface area contributed by atoms with Gasteiger partial charge in [-0.3, -0.25) is 0 Å². The lowest BCUT2D eigenvalue weighted by Gasteiger charge is -2.23. The summed E-state index contributed by atoms with van der Waals surface area (Å²) in [5, 5.41) is 18.9. The van der Waals surface area contributed by atoms with Crippen LogP contribution in [0, 0.1) is 0 Å². The van der Waals surface area contributed by atoms with Crippen molar-refractivity contribution >= 4 is 98.5 Å². The summed E-state index contributed by atoms with van der Waals surface area (Å²) in [5.74, 6) is 0. The monoisotopic (exact) mass is 628 g/mol. The van der Waals surface area contributed by atoms with E-state index in [0.29, 0.717) is 0 Å². The summed E-state index contributed by atoms with van der Waals surface area (Å²) in [6.45, 7) is 0. The van der Waals surface area contributed by atoms with Crippen LogP contribution in [0.5, 0.6) is 0 Å². The molecule has 0 unspecified atom stereocenters. The van der Waals surface area contributed by atoms with Crippen molar-refractivity contribution in [1.82, 2.24) is 0 Å². The zero-order valence-electron chi connectivity index (χ0n) is 26.1. The summed E-state index contributed by atoms with van der Waals surface area (Å²) in [7, 11) is -3.38. The first kappa shape index (κ1) is 27.4. The van der Waals surface area contributed by atoms with Gasteiger partial charge in [-0.15, -0.1) is 0 Å². The number of hydrogen-bond donors (Lipinski definition) is 0. The molecule has 10 aromatic carbocycles. The number of fused-ring (bicyclic) bond motifs is 12. The topological polar surface area (TPSA) is 17.1 Å². The van der Waals surface area contributed by atoms with Crippen LogP contribution in [0.1, 0.15) is 0 Å². The Morgan fingerprint density at radius 3 is 1.00 bits per heavy atom. The lowest BCUT2D eigenvalue weighted by Crippen LogP contribution is -2.25. The third-order valence-corrected chi connectivity index (χ3v) is 13.3. The van der Waals surface area contributed by atoms with Gasteiger partial charge in [0.25, 0.3) is 0 Å². The van der Waals surface area contributed by atoms with Crippen molar-refractivity contribution < 1.29 is 4.57 Å². The Kier molecular flexibility index (Phi) is 5.92. The molecule has 48 heavy (non-hydrogen) atoms. The minimum absolute atomic E-state index is 0.842. The van der Waals surface area contributed by atoms with Crippen molar-refractivity contribution in [2.75, 3.05) is 0 Å². The Morgan fingerprint density at radius 1 is 0.250 bits per heavy atom. The largest absolute Gasteiger partial charge is 0.309 e. The van der Waals surface area contributed by atoms with E-state index in [1.165, 1.54) is 48.5 Å². The van der Waals surface area contributed by atoms with Crippen LogP contribution in [0.15, 0.2) is 176 Å². The molecule has 0 aliphatic rings. The molecule has 0 aliphatic heterocycles. The number of rotatable bonds is 3. The Bertz CT molecular complexity index is 2830. The molecule has 0 saturated heterocycles. The first-order valence-electron chi connectivity index (χ1n) is 16.4. The van der Waals surface area contributed by atoms with Crippen molar-refractivity contribution in [1.29, 1.82) is 0 Å². The van der Waals surface area contributed by atoms with Crippen LogP contribution in [-0.4, -0.2) is 0 Å². The molecule has 2 heteroatoms. The zero-order valence-corrected chi connectivity index (χ0v) is 27.0. The molecule has 0 aromatic heterocycles. The fraction of sp³-hybridized carbons (Fsp3) is 0. The summed E-state index contributed by atoms with van der Waals surface area (Å²) in [6, 6.07) is 62.2. The predicted octanol–water partition coefficient (Wildman–Crippen LogP) is 11.4. The summed E-state index contributed by atoms with van der Waals surface area (Å²) in [6.07, 6.45) is 0. The fourth-order valence-corrected chi connectivity index (χ4v) is 10.6. The second-order valence-electron chi connectivity index (χ2n) is 12.8. The minimum Gasteiger partial charge on any atom is -0.309 e. The second-order valence-corrected chi connectivity index (χ2v) is 15.6. The van der Waals surface area contributed by atoms with Crippen LogP contribution in [0.25, 0.3) is 75.4 Å². The number of hydrogen-bond acceptors (Lipinski definition) is 1. The van der Waals surface area contributed by atoms with Gasteiger partial charge < -0.3 is 4.57 Å². The highest BCUT2D eigenvalue weighted by molar-refractivity contribution is 7.85. The van der Waals surface area contributed by atoms with Crippen LogP contribution in [0.4, 0.5) is 0 Å². The van der Waals surface area contributed by atoms with Crippen molar-refractivity contribution in [2.45, 2.75) is 0 Å². The first-order valence-corrected chi connectivity index (χ1v) is 18.2. The first-order chi connectivity index (χ1) is 23.7. The van der Waals surface area contributed by atoms with Crippen LogP contribution >= 0.6 is 7.14 Å². The van der Waals surface area contributed by atoms with Gasteiger partial charge in [-0.25, -0.2) is 0 Å². The lowest BCUT2D eigenvalue weighted by atomic mass is 9.94. The molecule has 0 fully saturated rings. The van der Waals surface area contributed by atoms with Crippen molar-refractivity contribution in [3.8, 4) is 0 Å². The zero-order chi connectivity index (χ0) is 31.8. The van der Waals surface area contributed by atoms with Crippen LogP contribution in [0.3, 0.4) is 0 Å². The van der Waals surface area contributed by atoms with Gasteiger partial charge >= 0.3 is 0 Å². The summed E-state index contributed by atoms with van der Waals surface area (Å²) in [4.78, 5) is 0. The molecule has 0 spiro atoms. The molecule has 224 valence electrons. The average Bonchev–Trinajstić information content (AvgIpc) is 3.17. The molecule has 0 atom stereocenters. The van der Waals surface area contributed by atoms with Gasteiger partial charge in [-0.05, 0) is 93.6 Å². The molecule has 0 aliphatic carbocycles. The van der Waals surface area contributed by atoms with Gasteiger partial charge in [0.15, 0.2) is 7.14 Å². The maximum Gasteiger partial charge on any atom is 0.171 e. The molecule has 0 amide bonds. The highest BCUT2D eigenvalue weighted by Gasteiger charge is 2.31. The smallest absolute Gasteiger partial charge is 0.171 e. The molecule has 0 bridgehead atoms. The highest BCUT2D eigenvalue weighted by Crippen LogP contribution is 2.46. The van der Waals surface area contributed by atoms with Crippen LogP contribution in [0.2, 0.25) is 0 Å². The van der Waals surface area contributed by atoms with E-state index < -0.39 is 7.14 Å². The van der Waals surface area contributed by atoms with Gasteiger partial charge in [-0.2, -0.15) is 0 Å². The maximum atomic E-state index is 16.4. The summed E-state index contributed by atoms with van der Waals surface area (Å²) in [5.41, 5.74) is 0. The van der Waals surface area contributed by atoms with Crippen LogP contribution < -0.4 is 15.9 Å². The van der Waals surface area contributed by atoms with Crippen molar-refractivity contribution in [3.05, 3.63) is 176 Å². The van der Waals surface area contributed by atoms with E-state index in [-0.39, 0.29) is 0 Å². The van der Waals surface area contributed by atoms with Crippen molar-refractivity contribution in [3.63, 3.8) is 0 Å². The van der Waals surface area contributed by atoms with Crippen molar-refractivity contribution in [2.24, 2.45) is 0 Å². The van der Waals surface area contributed by atoms with Crippen LogP contribution in [-0.2, 0) is 4.57 Å². The fourth-order valence-electron chi connectivity index (χ4n) is 7.91. The average molecular weight is 629 g/mol.